The predicted octanol–water partition coefficient (Wildman–Crippen LogP) is 4.81. The van der Waals surface area contributed by atoms with E-state index in [1.165, 1.54) is 13.2 Å². The first-order chi connectivity index (χ1) is 15.6. The molecule has 2 aromatic rings. The molecule has 1 aromatic heterocycles. The highest BCUT2D eigenvalue weighted by Gasteiger charge is 2.58. The lowest BCUT2D eigenvalue weighted by molar-refractivity contribution is 0.0131. The maximum atomic E-state index is 14.5. The van der Waals surface area contributed by atoms with Gasteiger partial charge in [0.25, 0.3) is 0 Å². The van der Waals surface area contributed by atoms with E-state index in [0.717, 1.165) is 12.8 Å². The molecular formula is C23H28ClFN4O4. The monoisotopic (exact) mass is 478 g/mol. The van der Waals surface area contributed by atoms with Gasteiger partial charge in [-0.15, -0.1) is 10.2 Å². The van der Waals surface area contributed by atoms with Crippen molar-refractivity contribution in [2.24, 2.45) is 0 Å². The van der Waals surface area contributed by atoms with Crippen molar-refractivity contribution in [3.63, 3.8) is 0 Å². The Hall–Kier alpha value is -2.65. The average molecular weight is 479 g/mol. The number of amides is 1. The Morgan fingerprint density at radius 1 is 1.24 bits per heavy atom. The van der Waals surface area contributed by atoms with Gasteiger partial charge in [-0.25, -0.2) is 9.18 Å². The van der Waals surface area contributed by atoms with Crippen LogP contribution in [0.15, 0.2) is 24.3 Å². The summed E-state index contributed by atoms with van der Waals surface area (Å²) in [5.74, 6) is -0.0671. The van der Waals surface area contributed by atoms with Crippen molar-refractivity contribution in [1.82, 2.24) is 15.1 Å². The molecule has 0 spiro atoms. The van der Waals surface area contributed by atoms with Crippen LogP contribution in [0, 0.1) is 5.82 Å². The summed E-state index contributed by atoms with van der Waals surface area (Å²) < 4.78 is 24.8. The predicted molar refractivity (Wildman–Crippen MR) is 122 cm³/mol. The number of piperidine rings is 1. The molecule has 2 saturated heterocycles. The summed E-state index contributed by atoms with van der Waals surface area (Å²) in [6.07, 6.45) is 2.26. The van der Waals surface area contributed by atoms with Crippen molar-refractivity contribution in [2.45, 2.75) is 56.7 Å². The number of aromatic nitrogens is 2. The van der Waals surface area contributed by atoms with Crippen LogP contribution in [0.2, 0.25) is 5.02 Å². The van der Waals surface area contributed by atoms with Gasteiger partial charge >= 0.3 is 6.09 Å². The standard InChI is InChI=1S/C23H28ClFN4O4/c1-22-9-10-23(2,29(22)21(30)31)12-14(11-22)28(3)18-8-7-17(26-27-18)15-5-6-16(24)19(25)20(15)33-13-32-4/h5-8,14H,9-13H2,1-4H3,(H,30,31)/t14-,22+,23-. The third kappa shape index (κ3) is 4.08. The van der Waals surface area contributed by atoms with Crippen molar-refractivity contribution < 1.29 is 23.8 Å². The lowest BCUT2D eigenvalue weighted by atomic mass is 9.82. The number of ether oxygens (including phenoxy) is 2. The number of hydrogen-bond acceptors (Lipinski definition) is 6. The summed E-state index contributed by atoms with van der Waals surface area (Å²) in [4.78, 5) is 15.6. The normalized spacial score (nSPS) is 26.4. The molecule has 10 heteroatoms. The van der Waals surface area contributed by atoms with Crippen molar-refractivity contribution in [1.29, 1.82) is 0 Å². The molecule has 2 aliphatic rings. The smallest absolute Gasteiger partial charge is 0.408 e. The maximum absolute atomic E-state index is 14.5. The van der Waals surface area contributed by atoms with E-state index in [9.17, 15) is 14.3 Å². The van der Waals surface area contributed by atoms with Gasteiger partial charge in [0.1, 0.15) is 0 Å². The number of carboxylic acid groups (broad SMARTS) is 1. The summed E-state index contributed by atoms with van der Waals surface area (Å²) >= 11 is 5.91. The third-order valence-electron chi connectivity index (χ3n) is 7.03. The number of benzene rings is 1. The minimum atomic E-state index is -0.857. The molecule has 33 heavy (non-hydrogen) atoms. The zero-order valence-electron chi connectivity index (χ0n) is 19.1. The molecule has 3 atom stereocenters. The average Bonchev–Trinajstić information content (AvgIpc) is 2.95. The molecule has 2 bridgehead atoms. The minimum Gasteiger partial charge on any atom is -0.465 e. The Morgan fingerprint density at radius 3 is 2.45 bits per heavy atom. The largest absolute Gasteiger partial charge is 0.465 e. The molecule has 1 amide bonds. The quantitative estimate of drug-likeness (QED) is 0.596. The van der Waals surface area contributed by atoms with Crippen LogP contribution in [-0.2, 0) is 4.74 Å². The fourth-order valence-corrected chi connectivity index (χ4v) is 5.61. The Balaban J connectivity index is 1.58. The van der Waals surface area contributed by atoms with Gasteiger partial charge in [-0.2, -0.15) is 0 Å². The van der Waals surface area contributed by atoms with Gasteiger partial charge in [0, 0.05) is 36.8 Å². The van der Waals surface area contributed by atoms with E-state index in [2.05, 4.69) is 15.1 Å². The van der Waals surface area contributed by atoms with E-state index in [1.807, 2.05) is 27.0 Å². The number of hydrogen-bond donors (Lipinski definition) is 1. The molecule has 8 nitrogen and oxygen atoms in total. The minimum absolute atomic E-state index is 0.0433. The Bertz CT molecular complexity index is 1040. The van der Waals surface area contributed by atoms with Gasteiger partial charge in [0.2, 0.25) is 0 Å². The van der Waals surface area contributed by atoms with Crippen molar-refractivity contribution in [3.8, 4) is 17.0 Å². The second kappa shape index (κ2) is 8.61. The third-order valence-corrected chi connectivity index (χ3v) is 7.32. The summed E-state index contributed by atoms with van der Waals surface area (Å²) in [5, 5.41) is 18.4. The second-order valence-corrected chi connectivity index (χ2v) is 9.76. The van der Waals surface area contributed by atoms with Crippen LogP contribution in [-0.4, -0.2) is 64.4 Å². The van der Waals surface area contributed by atoms with Gasteiger partial charge < -0.3 is 19.5 Å². The lowest BCUT2D eigenvalue weighted by Gasteiger charge is -2.51. The van der Waals surface area contributed by atoms with E-state index in [-0.39, 0.29) is 23.6 Å². The van der Waals surface area contributed by atoms with E-state index in [0.29, 0.717) is 29.9 Å². The maximum Gasteiger partial charge on any atom is 0.408 e. The summed E-state index contributed by atoms with van der Waals surface area (Å²) in [6, 6.07) is 6.77. The summed E-state index contributed by atoms with van der Waals surface area (Å²) in [7, 11) is 3.40. The Morgan fingerprint density at radius 2 is 1.91 bits per heavy atom. The SMILES string of the molecule is COCOc1c(-c2ccc(N(C)[C@@H]3C[C@]4(C)CC[C@](C)(C3)N4C(=O)O)nn2)ccc(Cl)c1F. The lowest BCUT2D eigenvalue weighted by Crippen LogP contribution is -2.62. The zero-order chi connectivity index (χ0) is 24.0. The highest BCUT2D eigenvalue weighted by molar-refractivity contribution is 6.31. The van der Waals surface area contributed by atoms with Crippen LogP contribution in [0.1, 0.15) is 39.5 Å². The number of rotatable bonds is 6. The van der Waals surface area contributed by atoms with Crippen LogP contribution in [0.3, 0.4) is 0 Å². The molecule has 0 radical (unpaired) electrons. The highest BCUT2D eigenvalue weighted by atomic mass is 35.5. The molecule has 0 aliphatic carbocycles. The molecule has 178 valence electrons. The summed E-state index contributed by atoms with van der Waals surface area (Å²) in [5.41, 5.74) is 0.0519. The molecule has 0 saturated carbocycles. The zero-order valence-corrected chi connectivity index (χ0v) is 19.9. The fraction of sp³-hybridized carbons (Fsp3) is 0.522. The Labute approximate surface area is 197 Å². The fourth-order valence-electron chi connectivity index (χ4n) is 5.46. The van der Waals surface area contributed by atoms with Gasteiger partial charge in [-0.3, -0.25) is 4.90 Å². The van der Waals surface area contributed by atoms with Gasteiger partial charge in [-0.05, 0) is 63.8 Å². The van der Waals surface area contributed by atoms with E-state index in [4.69, 9.17) is 21.1 Å². The van der Waals surface area contributed by atoms with Crippen LogP contribution in [0.4, 0.5) is 15.0 Å². The first-order valence-corrected chi connectivity index (χ1v) is 11.2. The number of nitrogens with zero attached hydrogens (tertiary/aromatic N) is 4. The second-order valence-electron chi connectivity index (χ2n) is 9.35. The van der Waals surface area contributed by atoms with Crippen molar-refractivity contribution in [2.75, 3.05) is 25.9 Å². The van der Waals surface area contributed by atoms with Crippen molar-refractivity contribution >= 4 is 23.5 Å². The van der Waals surface area contributed by atoms with E-state index >= 15 is 0 Å². The molecular weight excluding hydrogens is 451 g/mol. The molecule has 0 unspecified atom stereocenters. The number of anilines is 1. The molecule has 1 aromatic carbocycles. The van der Waals surface area contributed by atoms with Crippen LogP contribution < -0.4 is 9.64 Å². The number of methoxy groups -OCH3 is 1. The van der Waals surface area contributed by atoms with Crippen LogP contribution in [0.5, 0.6) is 5.75 Å². The summed E-state index contributed by atoms with van der Waals surface area (Å²) in [6.45, 7) is 3.92. The topological polar surface area (TPSA) is 88.0 Å². The van der Waals surface area contributed by atoms with E-state index < -0.39 is 23.0 Å². The Kier molecular flexibility index (Phi) is 6.13. The first kappa shape index (κ1) is 23.5. The first-order valence-electron chi connectivity index (χ1n) is 10.8. The number of halogens is 2. The van der Waals surface area contributed by atoms with Crippen molar-refractivity contribution in [3.05, 3.63) is 35.1 Å². The molecule has 4 rings (SSSR count). The molecule has 1 N–H and O–H groups in total. The van der Waals surface area contributed by atoms with Gasteiger partial charge in [-0.1, -0.05) is 11.6 Å². The number of fused-ring (bicyclic) bond motifs is 2. The van der Waals surface area contributed by atoms with Crippen LogP contribution >= 0.6 is 11.6 Å². The molecule has 2 fully saturated rings. The molecule has 3 heterocycles. The van der Waals surface area contributed by atoms with Crippen LogP contribution in [0.25, 0.3) is 11.3 Å². The molecule has 2 aliphatic heterocycles. The van der Waals surface area contributed by atoms with E-state index in [1.54, 1.807) is 17.0 Å². The van der Waals surface area contributed by atoms with Gasteiger partial charge in [0.05, 0.1) is 10.7 Å². The van der Waals surface area contributed by atoms with Gasteiger partial charge in [0.15, 0.2) is 24.2 Å². The number of carbonyl (C=O) groups is 1. The highest BCUT2D eigenvalue weighted by Crippen LogP contribution is 2.51.